The van der Waals surface area contributed by atoms with E-state index in [4.69, 9.17) is 21.1 Å². The first-order chi connectivity index (χ1) is 12.9. The molecule has 1 aliphatic rings. The molecule has 8 heteroatoms. The second-order valence-corrected chi connectivity index (χ2v) is 6.67. The third-order valence-corrected chi connectivity index (χ3v) is 4.45. The van der Waals surface area contributed by atoms with E-state index < -0.39 is 10.8 Å². The van der Waals surface area contributed by atoms with Crippen LogP contribution in [0.1, 0.15) is 35.3 Å². The van der Waals surface area contributed by atoms with Gasteiger partial charge in [-0.2, -0.15) is 0 Å². The monoisotopic (exact) mass is 390 g/mol. The lowest BCUT2D eigenvalue weighted by Crippen LogP contribution is -2.24. The predicted octanol–water partition coefficient (Wildman–Crippen LogP) is 3.90. The normalized spacial score (nSPS) is 15.0. The largest absolute Gasteiger partial charge is 0.494 e. The van der Waals surface area contributed by atoms with Crippen LogP contribution in [0.2, 0.25) is 5.02 Å². The SMILES string of the molecule is CCOc1cc2c(cc1CNC(=O)c1ccc(Cl)cc1[N+](=O)[O-])O[C@@H](C)C2. The van der Waals surface area contributed by atoms with E-state index in [0.717, 1.165) is 29.4 Å². The van der Waals surface area contributed by atoms with Crippen LogP contribution in [0.3, 0.4) is 0 Å². The minimum Gasteiger partial charge on any atom is -0.494 e. The molecular weight excluding hydrogens is 372 g/mol. The molecule has 1 amide bonds. The number of nitrogens with one attached hydrogen (secondary N) is 1. The van der Waals surface area contributed by atoms with Crippen LogP contribution < -0.4 is 14.8 Å². The zero-order valence-corrected chi connectivity index (χ0v) is 15.7. The lowest BCUT2D eigenvalue weighted by molar-refractivity contribution is -0.385. The smallest absolute Gasteiger partial charge is 0.283 e. The van der Waals surface area contributed by atoms with Crippen LogP contribution in [0, 0.1) is 10.1 Å². The Kier molecular flexibility index (Phi) is 5.51. The van der Waals surface area contributed by atoms with Crippen molar-refractivity contribution in [2.75, 3.05) is 6.61 Å². The third-order valence-electron chi connectivity index (χ3n) is 4.22. The molecule has 142 valence electrons. The maximum Gasteiger partial charge on any atom is 0.283 e. The van der Waals surface area contributed by atoms with Crippen molar-refractivity contribution in [3.63, 3.8) is 0 Å². The number of carbonyl (C=O) groups is 1. The van der Waals surface area contributed by atoms with Gasteiger partial charge in [0.15, 0.2) is 0 Å². The van der Waals surface area contributed by atoms with Crippen LogP contribution in [0.15, 0.2) is 30.3 Å². The van der Waals surface area contributed by atoms with E-state index in [9.17, 15) is 14.9 Å². The summed E-state index contributed by atoms with van der Waals surface area (Å²) >= 11 is 5.79. The Bertz CT molecular complexity index is 900. The van der Waals surface area contributed by atoms with Gasteiger partial charge in [0.25, 0.3) is 11.6 Å². The molecule has 0 spiro atoms. The molecular formula is C19H19ClN2O5. The molecule has 2 aromatic rings. The fraction of sp³-hybridized carbons (Fsp3) is 0.316. The van der Waals surface area contributed by atoms with Crippen LogP contribution in [0.5, 0.6) is 11.5 Å². The van der Waals surface area contributed by atoms with Gasteiger partial charge < -0.3 is 14.8 Å². The molecule has 0 aliphatic carbocycles. The number of rotatable bonds is 6. The standard InChI is InChI=1S/C19H19ClN2O5/c1-3-26-17-7-12-6-11(2)27-18(12)8-13(17)10-21-19(23)15-5-4-14(20)9-16(15)22(24)25/h4-5,7-9,11H,3,6,10H2,1-2H3,(H,21,23)/t11-/m0/s1. The molecule has 0 fully saturated rings. The number of hydrogen-bond donors (Lipinski definition) is 1. The summed E-state index contributed by atoms with van der Waals surface area (Å²) in [5.74, 6) is 0.878. The van der Waals surface area contributed by atoms with Crippen molar-refractivity contribution in [1.29, 1.82) is 0 Å². The number of hydrogen-bond acceptors (Lipinski definition) is 5. The molecule has 7 nitrogen and oxygen atoms in total. The first-order valence-corrected chi connectivity index (χ1v) is 8.94. The van der Waals surface area contributed by atoms with Gasteiger partial charge >= 0.3 is 0 Å². The fourth-order valence-electron chi connectivity index (χ4n) is 3.03. The number of nitrogens with zero attached hydrogens (tertiary/aromatic N) is 1. The number of ether oxygens (including phenoxy) is 2. The highest BCUT2D eigenvalue weighted by Crippen LogP contribution is 2.35. The van der Waals surface area contributed by atoms with E-state index in [1.54, 1.807) is 0 Å². The van der Waals surface area contributed by atoms with E-state index in [1.165, 1.54) is 12.1 Å². The molecule has 1 heterocycles. The van der Waals surface area contributed by atoms with Gasteiger partial charge in [0.1, 0.15) is 23.2 Å². The topological polar surface area (TPSA) is 90.7 Å². The Morgan fingerprint density at radius 2 is 2.19 bits per heavy atom. The quantitative estimate of drug-likeness (QED) is 0.596. The van der Waals surface area contributed by atoms with Gasteiger partial charge in [0.05, 0.1) is 11.5 Å². The van der Waals surface area contributed by atoms with Gasteiger partial charge in [0.2, 0.25) is 0 Å². The maximum absolute atomic E-state index is 12.5. The molecule has 0 saturated heterocycles. The highest BCUT2D eigenvalue weighted by atomic mass is 35.5. The Balaban J connectivity index is 1.82. The lowest BCUT2D eigenvalue weighted by atomic mass is 10.1. The van der Waals surface area contributed by atoms with Gasteiger partial charge in [-0.25, -0.2) is 0 Å². The zero-order valence-electron chi connectivity index (χ0n) is 15.0. The summed E-state index contributed by atoms with van der Waals surface area (Å²) in [6.07, 6.45) is 0.898. The van der Waals surface area contributed by atoms with Gasteiger partial charge in [-0.1, -0.05) is 11.6 Å². The number of carbonyl (C=O) groups excluding carboxylic acids is 1. The summed E-state index contributed by atoms with van der Waals surface area (Å²) in [5, 5.41) is 14.1. The van der Waals surface area contributed by atoms with E-state index in [1.807, 2.05) is 26.0 Å². The second-order valence-electron chi connectivity index (χ2n) is 6.23. The van der Waals surface area contributed by atoms with Crippen LogP contribution in [-0.4, -0.2) is 23.5 Å². The molecule has 0 bridgehead atoms. The molecule has 0 saturated carbocycles. The van der Waals surface area contributed by atoms with Crippen molar-refractivity contribution < 1.29 is 19.2 Å². The maximum atomic E-state index is 12.5. The van der Waals surface area contributed by atoms with E-state index in [-0.39, 0.29) is 28.9 Å². The highest BCUT2D eigenvalue weighted by Gasteiger charge is 2.23. The highest BCUT2D eigenvalue weighted by molar-refractivity contribution is 6.31. The minimum absolute atomic E-state index is 0.0478. The summed E-state index contributed by atoms with van der Waals surface area (Å²) in [6, 6.07) is 7.72. The van der Waals surface area contributed by atoms with Crippen LogP contribution in [0.4, 0.5) is 5.69 Å². The van der Waals surface area contributed by atoms with Crippen LogP contribution in [0.25, 0.3) is 0 Å². The summed E-state index contributed by atoms with van der Waals surface area (Å²) < 4.78 is 11.4. The Hall–Kier alpha value is -2.80. The van der Waals surface area contributed by atoms with Gasteiger partial charge in [-0.05, 0) is 38.1 Å². The van der Waals surface area contributed by atoms with E-state index >= 15 is 0 Å². The van der Waals surface area contributed by atoms with Gasteiger partial charge in [-0.3, -0.25) is 14.9 Å². The molecule has 27 heavy (non-hydrogen) atoms. The Morgan fingerprint density at radius 3 is 2.89 bits per heavy atom. The number of amides is 1. The second kappa shape index (κ2) is 7.84. The van der Waals surface area contributed by atoms with E-state index in [0.29, 0.717) is 12.4 Å². The van der Waals surface area contributed by atoms with Crippen molar-refractivity contribution in [2.45, 2.75) is 32.9 Å². The fourth-order valence-corrected chi connectivity index (χ4v) is 3.19. The Labute approximate surface area is 161 Å². The Morgan fingerprint density at radius 1 is 1.41 bits per heavy atom. The van der Waals surface area contributed by atoms with Gasteiger partial charge in [-0.15, -0.1) is 0 Å². The summed E-state index contributed by atoms with van der Waals surface area (Å²) in [7, 11) is 0. The first-order valence-electron chi connectivity index (χ1n) is 8.56. The zero-order chi connectivity index (χ0) is 19.6. The molecule has 3 rings (SSSR count). The first kappa shape index (κ1) is 19.0. The molecule has 2 aromatic carbocycles. The average Bonchev–Trinajstić information content (AvgIpc) is 2.98. The molecule has 1 N–H and O–H groups in total. The van der Waals surface area contributed by atoms with Crippen LogP contribution in [-0.2, 0) is 13.0 Å². The molecule has 1 aliphatic heterocycles. The predicted molar refractivity (Wildman–Crippen MR) is 101 cm³/mol. The van der Waals surface area contributed by atoms with E-state index in [2.05, 4.69) is 5.32 Å². The van der Waals surface area contributed by atoms with Crippen molar-refractivity contribution in [3.8, 4) is 11.5 Å². The third kappa shape index (κ3) is 4.14. The van der Waals surface area contributed by atoms with Crippen molar-refractivity contribution in [1.82, 2.24) is 5.32 Å². The van der Waals surface area contributed by atoms with Crippen molar-refractivity contribution in [2.24, 2.45) is 0 Å². The summed E-state index contributed by atoms with van der Waals surface area (Å²) in [6.45, 7) is 4.50. The van der Waals surface area contributed by atoms with Crippen molar-refractivity contribution >= 4 is 23.2 Å². The molecule has 0 aromatic heterocycles. The summed E-state index contributed by atoms with van der Waals surface area (Å²) in [4.78, 5) is 23.0. The molecule has 0 unspecified atom stereocenters. The number of nitro groups is 1. The van der Waals surface area contributed by atoms with Crippen molar-refractivity contribution in [3.05, 3.63) is 62.2 Å². The lowest BCUT2D eigenvalue weighted by Gasteiger charge is -2.13. The number of halogens is 1. The molecule has 0 radical (unpaired) electrons. The number of benzene rings is 2. The minimum atomic E-state index is -0.628. The number of nitro benzene ring substituents is 1. The summed E-state index contributed by atoms with van der Waals surface area (Å²) in [5.41, 5.74) is 1.42. The average molecular weight is 391 g/mol. The van der Waals surface area contributed by atoms with Crippen LogP contribution >= 0.6 is 11.6 Å². The number of fused-ring (bicyclic) bond motifs is 1. The molecule has 1 atom stereocenters. The van der Waals surface area contributed by atoms with Gasteiger partial charge in [0, 0.05) is 35.2 Å².